The van der Waals surface area contributed by atoms with Crippen LogP contribution in [0, 0.1) is 0 Å². The third-order valence-corrected chi connectivity index (χ3v) is 3.22. The van der Waals surface area contributed by atoms with Gasteiger partial charge >= 0.3 is 0 Å². The third-order valence-electron chi connectivity index (χ3n) is 3.22. The summed E-state index contributed by atoms with van der Waals surface area (Å²) < 4.78 is 0. The van der Waals surface area contributed by atoms with Crippen LogP contribution in [0.4, 0.5) is 0 Å². The van der Waals surface area contributed by atoms with E-state index in [1.807, 2.05) is 0 Å². The average Bonchev–Trinajstić information content (AvgIpc) is 2.15. The monoisotopic (exact) mass is 181 g/mol. The molecular weight excluding hydrogens is 158 g/mol. The summed E-state index contributed by atoms with van der Waals surface area (Å²) in [6.45, 7) is 9.56. The van der Waals surface area contributed by atoms with Crippen LogP contribution in [0.3, 0.4) is 0 Å². The van der Waals surface area contributed by atoms with Crippen molar-refractivity contribution in [2.45, 2.75) is 57.9 Å². The van der Waals surface area contributed by atoms with Crippen molar-refractivity contribution < 1.29 is 0 Å². The van der Waals surface area contributed by atoms with Crippen molar-refractivity contribution in [3.63, 3.8) is 0 Å². The van der Waals surface area contributed by atoms with Crippen molar-refractivity contribution >= 4 is 0 Å². The molecule has 1 rings (SSSR count). The van der Waals surface area contributed by atoms with E-state index in [-0.39, 0.29) is 0 Å². The second-order valence-electron chi connectivity index (χ2n) is 4.58. The summed E-state index contributed by atoms with van der Waals surface area (Å²) in [6, 6.07) is 0. The largest absolute Gasteiger partial charge is 0.308 e. The molecule has 0 atom stereocenters. The Balaban J connectivity index is 2.28. The van der Waals surface area contributed by atoms with Crippen LogP contribution in [0.5, 0.6) is 0 Å². The number of nitrogens with one attached hydrogen (secondary N) is 1. The SMILES string of the molecule is C=C(CC)CNC1(C)CCCCC1. The van der Waals surface area contributed by atoms with E-state index in [4.69, 9.17) is 0 Å². The zero-order chi connectivity index (χ0) is 9.73. The number of hydrogen-bond donors (Lipinski definition) is 1. The maximum absolute atomic E-state index is 4.03. The maximum Gasteiger partial charge on any atom is 0.0166 e. The Morgan fingerprint density at radius 1 is 1.31 bits per heavy atom. The Morgan fingerprint density at radius 3 is 2.46 bits per heavy atom. The normalized spacial score (nSPS) is 21.4. The second kappa shape index (κ2) is 4.80. The van der Waals surface area contributed by atoms with Gasteiger partial charge in [-0.1, -0.05) is 38.3 Å². The Bertz CT molecular complexity index is 166. The first-order valence-electron chi connectivity index (χ1n) is 5.58. The van der Waals surface area contributed by atoms with Gasteiger partial charge in [-0.2, -0.15) is 0 Å². The van der Waals surface area contributed by atoms with Gasteiger partial charge in [0.25, 0.3) is 0 Å². The van der Waals surface area contributed by atoms with Gasteiger partial charge in [-0.25, -0.2) is 0 Å². The molecule has 1 nitrogen and oxygen atoms in total. The predicted octanol–water partition coefficient (Wildman–Crippen LogP) is 3.27. The van der Waals surface area contributed by atoms with E-state index in [9.17, 15) is 0 Å². The fraction of sp³-hybridized carbons (Fsp3) is 0.833. The van der Waals surface area contributed by atoms with Gasteiger partial charge in [-0.15, -0.1) is 0 Å². The molecule has 0 radical (unpaired) electrons. The summed E-state index contributed by atoms with van der Waals surface area (Å²) in [5, 5.41) is 3.65. The lowest BCUT2D eigenvalue weighted by atomic mass is 9.83. The standard InChI is InChI=1S/C12H23N/c1-4-11(2)10-13-12(3)8-6-5-7-9-12/h13H,2,4-10H2,1,3H3. The molecule has 0 amide bonds. The number of rotatable bonds is 4. The zero-order valence-corrected chi connectivity index (χ0v) is 9.16. The minimum atomic E-state index is 0.399. The molecule has 0 aromatic rings. The van der Waals surface area contributed by atoms with Crippen molar-refractivity contribution in [2.24, 2.45) is 0 Å². The molecule has 0 aromatic carbocycles. The van der Waals surface area contributed by atoms with Crippen molar-refractivity contribution in [1.29, 1.82) is 0 Å². The van der Waals surface area contributed by atoms with Crippen LogP contribution < -0.4 is 5.32 Å². The summed E-state index contributed by atoms with van der Waals surface area (Å²) in [7, 11) is 0. The van der Waals surface area contributed by atoms with Crippen molar-refractivity contribution in [3.05, 3.63) is 12.2 Å². The first-order chi connectivity index (χ1) is 6.16. The van der Waals surface area contributed by atoms with Gasteiger partial charge < -0.3 is 5.32 Å². The lowest BCUT2D eigenvalue weighted by molar-refractivity contribution is 0.261. The van der Waals surface area contributed by atoms with E-state index < -0.39 is 0 Å². The molecule has 0 unspecified atom stereocenters. The maximum atomic E-state index is 4.03. The van der Waals surface area contributed by atoms with E-state index >= 15 is 0 Å². The van der Waals surface area contributed by atoms with E-state index in [1.165, 1.54) is 37.7 Å². The molecule has 76 valence electrons. The molecule has 1 N–H and O–H groups in total. The lowest BCUT2D eigenvalue weighted by Crippen LogP contribution is -2.44. The van der Waals surface area contributed by atoms with Crippen LogP contribution in [-0.4, -0.2) is 12.1 Å². The molecule has 1 fully saturated rings. The van der Waals surface area contributed by atoms with Gasteiger partial charge in [-0.3, -0.25) is 0 Å². The van der Waals surface area contributed by atoms with Crippen molar-refractivity contribution in [2.75, 3.05) is 6.54 Å². The van der Waals surface area contributed by atoms with Crippen LogP contribution >= 0.6 is 0 Å². The summed E-state index contributed by atoms with van der Waals surface area (Å²) in [5.41, 5.74) is 1.72. The Labute approximate surface area is 82.6 Å². The first-order valence-corrected chi connectivity index (χ1v) is 5.58. The van der Waals surface area contributed by atoms with E-state index in [2.05, 4.69) is 25.7 Å². The molecule has 13 heavy (non-hydrogen) atoms. The van der Waals surface area contributed by atoms with Crippen LogP contribution in [0.1, 0.15) is 52.4 Å². The highest BCUT2D eigenvalue weighted by atomic mass is 15.0. The molecule has 0 spiro atoms. The minimum absolute atomic E-state index is 0.399. The van der Waals surface area contributed by atoms with Gasteiger partial charge in [0, 0.05) is 12.1 Å². The highest BCUT2D eigenvalue weighted by molar-refractivity contribution is 4.98. The number of hydrogen-bond acceptors (Lipinski definition) is 1. The van der Waals surface area contributed by atoms with Crippen molar-refractivity contribution in [3.8, 4) is 0 Å². The highest BCUT2D eigenvalue weighted by Gasteiger charge is 2.25. The van der Waals surface area contributed by atoms with E-state index in [0.29, 0.717) is 5.54 Å². The highest BCUT2D eigenvalue weighted by Crippen LogP contribution is 2.27. The fourth-order valence-electron chi connectivity index (χ4n) is 1.97. The van der Waals surface area contributed by atoms with Crippen molar-refractivity contribution in [1.82, 2.24) is 5.32 Å². The van der Waals surface area contributed by atoms with Crippen LogP contribution in [0.25, 0.3) is 0 Å². The summed E-state index contributed by atoms with van der Waals surface area (Å²) in [4.78, 5) is 0. The molecule has 0 saturated heterocycles. The Morgan fingerprint density at radius 2 is 1.92 bits per heavy atom. The minimum Gasteiger partial charge on any atom is -0.308 e. The Kier molecular flexibility index (Phi) is 3.98. The lowest BCUT2D eigenvalue weighted by Gasteiger charge is -2.35. The zero-order valence-electron chi connectivity index (χ0n) is 9.16. The van der Waals surface area contributed by atoms with Gasteiger partial charge in [0.1, 0.15) is 0 Å². The smallest absolute Gasteiger partial charge is 0.0166 e. The van der Waals surface area contributed by atoms with Gasteiger partial charge in [0.05, 0.1) is 0 Å². The molecule has 0 heterocycles. The molecule has 1 aliphatic carbocycles. The Hall–Kier alpha value is -0.300. The summed E-state index contributed by atoms with van der Waals surface area (Å²) in [6.07, 6.45) is 7.98. The van der Waals surface area contributed by atoms with Gasteiger partial charge in [0.2, 0.25) is 0 Å². The van der Waals surface area contributed by atoms with Crippen LogP contribution in [0.15, 0.2) is 12.2 Å². The second-order valence-corrected chi connectivity index (χ2v) is 4.58. The van der Waals surface area contributed by atoms with Gasteiger partial charge in [-0.05, 0) is 26.2 Å². The van der Waals surface area contributed by atoms with Crippen LogP contribution in [0.2, 0.25) is 0 Å². The molecular formula is C12H23N. The topological polar surface area (TPSA) is 12.0 Å². The van der Waals surface area contributed by atoms with Crippen LogP contribution in [-0.2, 0) is 0 Å². The molecule has 1 heteroatoms. The molecule has 0 bridgehead atoms. The molecule has 0 aromatic heterocycles. The van der Waals surface area contributed by atoms with E-state index in [1.54, 1.807) is 0 Å². The molecule has 1 aliphatic rings. The first kappa shape index (κ1) is 10.8. The quantitative estimate of drug-likeness (QED) is 0.656. The molecule has 1 saturated carbocycles. The average molecular weight is 181 g/mol. The fourth-order valence-corrected chi connectivity index (χ4v) is 1.97. The third kappa shape index (κ3) is 3.51. The summed E-state index contributed by atoms with van der Waals surface area (Å²) in [5.74, 6) is 0. The van der Waals surface area contributed by atoms with E-state index in [0.717, 1.165) is 13.0 Å². The predicted molar refractivity (Wildman–Crippen MR) is 58.9 cm³/mol. The van der Waals surface area contributed by atoms with Gasteiger partial charge in [0.15, 0.2) is 0 Å². The molecule has 0 aliphatic heterocycles. The summed E-state index contributed by atoms with van der Waals surface area (Å²) >= 11 is 0.